The molecule has 0 fully saturated rings. The SMILES string of the molecule is N#Cc1c(-n2c3cccc4c5cncnc5c5cccc2c5c43)cccc1-n1c2cccc3c4nccnc4c4cccc1c4c32. The van der Waals surface area contributed by atoms with Crippen LogP contribution in [0.25, 0.3) is 98.5 Å². The van der Waals surface area contributed by atoms with Crippen molar-refractivity contribution in [2.24, 2.45) is 0 Å². The summed E-state index contributed by atoms with van der Waals surface area (Å²) in [4.78, 5) is 18.6. The summed E-state index contributed by atoms with van der Waals surface area (Å²) < 4.78 is 4.48. The quantitative estimate of drug-likeness (QED) is 0.189. The Morgan fingerprint density at radius 1 is 0.478 bits per heavy atom. The lowest BCUT2D eigenvalue weighted by Gasteiger charge is -2.15. The van der Waals surface area contributed by atoms with Crippen LogP contribution in [0.2, 0.25) is 0 Å². The van der Waals surface area contributed by atoms with Gasteiger partial charge in [-0.2, -0.15) is 5.26 Å². The van der Waals surface area contributed by atoms with Gasteiger partial charge in [-0.25, -0.2) is 9.97 Å². The summed E-state index contributed by atoms with van der Waals surface area (Å²) in [6.45, 7) is 0. The lowest BCUT2D eigenvalue weighted by Crippen LogP contribution is -2.03. The molecule has 0 saturated carbocycles. The van der Waals surface area contributed by atoms with E-state index in [1.807, 2.05) is 6.20 Å². The van der Waals surface area contributed by atoms with E-state index in [9.17, 15) is 5.26 Å². The van der Waals surface area contributed by atoms with Crippen LogP contribution in [0.4, 0.5) is 0 Å². The molecule has 4 aromatic heterocycles. The highest BCUT2D eigenvalue weighted by Gasteiger charge is 2.25. The summed E-state index contributed by atoms with van der Waals surface area (Å²) in [5, 5.41) is 20.9. The van der Waals surface area contributed by atoms with Crippen molar-refractivity contribution >= 4 is 87.1 Å². The third-order valence-corrected chi connectivity index (χ3v) is 9.71. The van der Waals surface area contributed by atoms with Crippen LogP contribution in [0, 0.1) is 11.3 Å². The van der Waals surface area contributed by atoms with Gasteiger partial charge in [0.25, 0.3) is 0 Å². The van der Waals surface area contributed by atoms with Gasteiger partial charge in [0.05, 0.1) is 50.0 Å². The molecule has 0 amide bonds. The summed E-state index contributed by atoms with van der Waals surface area (Å²) >= 11 is 0. The number of nitrogens with zero attached hydrogens (tertiary/aromatic N) is 7. The summed E-state index contributed by atoms with van der Waals surface area (Å²) in [5.41, 5.74) is 9.09. The van der Waals surface area contributed by atoms with Gasteiger partial charge >= 0.3 is 0 Å². The minimum Gasteiger partial charge on any atom is -0.308 e. The van der Waals surface area contributed by atoms with Crippen LogP contribution in [-0.2, 0) is 0 Å². The zero-order valence-electron chi connectivity index (χ0n) is 24.1. The van der Waals surface area contributed by atoms with Crippen molar-refractivity contribution in [1.29, 1.82) is 5.26 Å². The summed E-state index contributed by atoms with van der Waals surface area (Å²) in [6, 6.07) is 34.2. The number of hydrogen-bond donors (Lipinski definition) is 0. The van der Waals surface area contributed by atoms with Crippen LogP contribution in [0.5, 0.6) is 0 Å². The first-order chi connectivity index (χ1) is 22.8. The molecule has 46 heavy (non-hydrogen) atoms. The van der Waals surface area contributed by atoms with E-state index in [2.05, 4.69) is 111 Å². The van der Waals surface area contributed by atoms with Crippen molar-refractivity contribution in [3.8, 4) is 17.4 Å². The van der Waals surface area contributed by atoms with E-state index < -0.39 is 0 Å². The summed E-state index contributed by atoms with van der Waals surface area (Å²) in [7, 11) is 0. The molecule has 0 spiro atoms. The standard InChI is InChI=1S/C39H19N7/c40-18-25-27(45-29-12-1-6-21-26-19-41-20-44-37(26)22-7-2-13-30(45)34(22)33(21)29)10-5-11-28(25)46-31-14-3-8-23-35(31)36-24(9-4-15-32(36)46)39-38(23)42-16-17-43-39/h1-17,19-20H. The molecule has 4 heterocycles. The maximum Gasteiger partial charge on any atom is 0.116 e. The van der Waals surface area contributed by atoms with Gasteiger partial charge in [-0.05, 0) is 41.8 Å². The van der Waals surface area contributed by atoms with Crippen LogP contribution in [0.15, 0.2) is 116 Å². The maximum atomic E-state index is 11.0. The van der Waals surface area contributed by atoms with Gasteiger partial charge in [-0.1, -0.05) is 54.6 Å². The topological polar surface area (TPSA) is 85.2 Å². The van der Waals surface area contributed by atoms with Gasteiger partial charge in [-0.15, -0.1) is 0 Å². The minimum absolute atomic E-state index is 0.594. The molecule has 0 saturated heterocycles. The summed E-state index contributed by atoms with van der Waals surface area (Å²) in [5.74, 6) is 0. The predicted octanol–water partition coefficient (Wildman–Crippen LogP) is 8.82. The number of rotatable bonds is 2. The lowest BCUT2D eigenvalue weighted by molar-refractivity contribution is 1.12. The first-order valence-electron chi connectivity index (χ1n) is 15.1. The number of fused-ring (bicyclic) bond motifs is 6. The fraction of sp³-hybridized carbons (Fsp3) is 0. The number of benzene rings is 7. The Hall–Kier alpha value is -6.65. The average molecular weight is 586 g/mol. The van der Waals surface area contributed by atoms with Crippen molar-refractivity contribution in [3.63, 3.8) is 0 Å². The number of hydrogen-bond acceptors (Lipinski definition) is 5. The van der Waals surface area contributed by atoms with E-state index in [-0.39, 0.29) is 0 Å². The van der Waals surface area contributed by atoms with Crippen molar-refractivity contribution in [2.45, 2.75) is 0 Å². The highest BCUT2D eigenvalue weighted by molar-refractivity contribution is 6.34. The Bertz CT molecular complexity index is 2730. The number of nitriles is 1. The first kappa shape index (κ1) is 23.8. The Labute approximate surface area is 259 Å². The van der Waals surface area contributed by atoms with E-state index >= 15 is 0 Å². The first-order valence-corrected chi connectivity index (χ1v) is 15.1. The monoisotopic (exact) mass is 585 g/mol. The van der Waals surface area contributed by atoms with Crippen molar-refractivity contribution in [3.05, 3.63) is 121 Å². The highest BCUT2D eigenvalue weighted by atomic mass is 15.0. The average Bonchev–Trinajstić information content (AvgIpc) is 3.64. The molecule has 7 aromatic carbocycles. The van der Waals surface area contributed by atoms with Crippen LogP contribution in [-0.4, -0.2) is 29.1 Å². The lowest BCUT2D eigenvalue weighted by atomic mass is 9.98. The largest absolute Gasteiger partial charge is 0.308 e. The van der Waals surface area contributed by atoms with Crippen molar-refractivity contribution in [2.75, 3.05) is 0 Å². The second-order valence-corrected chi connectivity index (χ2v) is 11.8. The van der Waals surface area contributed by atoms with Crippen molar-refractivity contribution in [1.82, 2.24) is 29.1 Å². The van der Waals surface area contributed by atoms with E-state index in [0.717, 1.165) is 98.5 Å². The molecule has 210 valence electrons. The van der Waals surface area contributed by atoms with Gasteiger partial charge in [0.1, 0.15) is 18.0 Å². The van der Waals surface area contributed by atoms with E-state index in [1.54, 1.807) is 18.7 Å². The molecule has 0 aliphatic rings. The Morgan fingerprint density at radius 3 is 1.46 bits per heavy atom. The van der Waals surface area contributed by atoms with Crippen LogP contribution >= 0.6 is 0 Å². The molecule has 0 bridgehead atoms. The second-order valence-electron chi connectivity index (χ2n) is 11.8. The molecule has 0 atom stereocenters. The predicted molar refractivity (Wildman–Crippen MR) is 183 cm³/mol. The second kappa shape index (κ2) is 8.29. The molecule has 0 aliphatic carbocycles. The number of aromatic nitrogens is 6. The molecular formula is C39H19N7. The molecule has 7 nitrogen and oxygen atoms in total. The van der Waals surface area contributed by atoms with E-state index in [1.165, 1.54) is 0 Å². The zero-order chi connectivity index (χ0) is 30.1. The zero-order valence-corrected chi connectivity index (χ0v) is 24.1. The van der Waals surface area contributed by atoms with E-state index in [4.69, 9.17) is 15.0 Å². The third kappa shape index (κ3) is 2.69. The van der Waals surface area contributed by atoms with Crippen molar-refractivity contribution < 1.29 is 0 Å². The smallest absolute Gasteiger partial charge is 0.116 e. The van der Waals surface area contributed by atoms with Gasteiger partial charge in [0, 0.05) is 61.7 Å². The highest BCUT2D eigenvalue weighted by Crippen LogP contribution is 2.45. The molecule has 11 aromatic rings. The Morgan fingerprint density at radius 2 is 0.935 bits per heavy atom. The molecule has 0 unspecified atom stereocenters. The fourth-order valence-electron chi connectivity index (χ4n) is 8.04. The fourth-order valence-corrected chi connectivity index (χ4v) is 8.04. The molecule has 0 radical (unpaired) electrons. The van der Waals surface area contributed by atoms with Gasteiger partial charge in [0.2, 0.25) is 0 Å². The molecule has 0 N–H and O–H groups in total. The van der Waals surface area contributed by atoms with Gasteiger partial charge in [0.15, 0.2) is 0 Å². The van der Waals surface area contributed by atoms with Gasteiger partial charge < -0.3 is 9.13 Å². The Balaban J connectivity index is 1.30. The van der Waals surface area contributed by atoms with Crippen LogP contribution < -0.4 is 0 Å². The normalized spacial score (nSPS) is 12.3. The van der Waals surface area contributed by atoms with Crippen LogP contribution in [0.3, 0.4) is 0 Å². The molecule has 0 aliphatic heterocycles. The molecular weight excluding hydrogens is 566 g/mol. The van der Waals surface area contributed by atoms with E-state index in [0.29, 0.717) is 5.56 Å². The molecule has 11 rings (SSSR count). The third-order valence-electron chi connectivity index (χ3n) is 9.71. The minimum atomic E-state index is 0.594. The Kier molecular flexibility index (Phi) is 4.28. The summed E-state index contributed by atoms with van der Waals surface area (Å²) in [6.07, 6.45) is 7.02. The van der Waals surface area contributed by atoms with Gasteiger partial charge in [-0.3, -0.25) is 9.97 Å². The molecule has 7 heteroatoms. The van der Waals surface area contributed by atoms with Crippen LogP contribution in [0.1, 0.15) is 5.56 Å². The maximum absolute atomic E-state index is 11.0.